The SMILES string of the molecule is CC(C)(O)c1ccc(-c2cc3c(-c4ccc(CN5CCOCC5)c(C#N)c4)nccc3[nH]2)cc1.N#Cc1cc(-c2nccc3[nH]c(-c4ccc(N5CCOCC5)cc4)cc23)ccc1CN1CCOCC1.N#Cc1cc(-c2nccc3[nH]c(-c4cccc(N5CCOCC5)c4)cc23)ccc1CN1CCOCC1.N#Cc1cc(-c2ncnc3[nH]c(-c4cccc(N5CCOCC5)c4)cc23)ccc1N1CC(O)C1. The van der Waals surface area contributed by atoms with Crippen molar-refractivity contribution in [2.75, 3.05) is 191 Å². The van der Waals surface area contributed by atoms with Gasteiger partial charge in [0.1, 0.15) is 18.0 Å². The molecule has 7 saturated heterocycles. The Morgan fingerprint density at radius 3 is 1.05 bits per heavy atom. The molecule has 8 aromatic carbocycles. The number of aromatic nitrogens is 9. The van der Waals surface area contributed by atoms with Gasteiger partial charge in [-0.1, -0.05) is 103 Å². The molecule has 0 amide bonds. The first-order valence-corrected chi connectivity index (χ1v) is 48.1. The number of aliphatic hydroxyl groups excluding tert-OH is 1. The van der Waals surface area contributed by atoms with Crippen LogP contribution >= 0.6 is 0 Å². The van der Waals surface area contributed by atoms with Gasteiger partial charge in [-0.3, -0.25) is 29.7 Å². The highest BCUT2D eigenvalue weighted by molar-refractivity contribution is 6.00. The minimum absolute atomic E-state index is 0.326. The van der Waals surface area contributed by atoms with E-state index in [4.69, 9.17) is 38.4 Å². The number of nitrogens with one attached hydrogen (secondary N) is 4. The Bertz CT molecular complexity index is 7280. The van der Waals surface area contributed by atoms with Crippen LogP contribution in [0.5, 0.6) is 0 Å². The molecule has 140 heavy (non-hydrogen) atoms. The molecule has 0 saturated carbocycles. The van der Waals surface area contributed by atoms with Crippen LogP contribution in [0.1, 0.15) is 58.4 Å². The maximum atomic E-state index is 10.2. The molecule has 0 bridgehead atoms. The standard InChI is InChI=1S/2C29H29N5O2.C28H28N4O2.C26H24N6O2/c30-19-24-17-22(1-2-23(24)20-33-9-13-35-14-10-33)29-26-18-28(32-27(26)7-8-31-29)21-3-5-25(6-4-21)34-11-15-36-16-12-34;30-19-24-16-22(4-5-23(24)20-33-8-12-35-13-9-33)29-26-18-28(32-27(26)6-7-31-29)21-2-1-3-25(17-21)34-10-14-36-15-11-34;1-28(2,33)23-7-5-19(6-8-23)26-16-24-25(31-26)9-10-30-27(24)20-3-4-21(22(15-20)17-29)18-32-11-13-34-14-12-32;27-13-19-10-18(4-5-24(19)32-14-21(33)15-32)25-22-12-23(30-26(22)29-16-28-25)17-2-1-3-20(11-17)31-6-8-34-9-7-31/h1-8,17-18,32H,9-16,20H2;1-7,16-18,32H,8-15,20H2;3-10,15-16,31,33H,11-14,18H2,1-2H3;1-5,10-12,16,21,33H,6-9,14-15H2,(H,28,29,30). The lowest BCUT2D eigenvalue weighted by molar-refractivity contribution is 0.0341. The van der Waals surface area contributed by atoms with Crippen LogP contribution in [-0.2, 0) is 53.7 Å². The fraction of sp³-hybridized carbons (Fsp3) is 0.295. The second-order valence-electron chi connectivity index (χ2n) is 36.7. The molecular formula is C112H110N20O8. The number of aromatic amines is 4. The van der Waals surface area contributed by atoms with E-state index in [0.717, 1.165) is 339 Å². The summed E-state index contributed by atoms with van der Waals surface area (Å²) in [5, 5.41) is 63.2. The lowest BCUT2D eigenvalue weighted by Crippen LogP contribution is -2.51. The summed E-state index contributed by atoms with van der Waals surface area (Å²) < 4.78 is 32.8. The molecule has 0 aliphatic carbocycles. The van der Waals surface area contributed by atoms with Gasteiger partial charge in [0.15, 0.2) is 0 Å². The first kappa shape index (κ1) is 92.9. The van der Waals surface area contributed by atoms with Crippen molar-refractivity contribution in [1.82, 2.24) is 59.6 Å². The number of pyridine rings is 3. The molecule has 16 aromatic rings. The number of fused-ring (bicyclic) bond motifs is 4. The Labute approximate surface area is 812 Å². The van der Waals surface area contributed by atoms with Gasteiger partial charge in [-0.2, -0.15) is 21.0 Å². The van der Waals surface area contributed by atoms with E-state index in [0.29, 0.717) is 35.3 Å². The van der Waals surface area contributed by atoms with Gasteiger partial charge in [-0.25, -0.2) is 9.97 Å². The molecule has 8 aromatic heterocycles. The van der Waals surface area contributed by atoms with E-state index in [1.807, 2.05) is 102 Å². The van der Waals surface area contributed by atoms with Crippen molar-refractivity contribution in [1.29, 1.82) is 21.0 Å². The predicted molar refractivity (Wildman–Crippen MR) is 545 cm³/mol. The highest BCUT2D eigenvalue weighted by atomic mass is 16.5. The summed E-state index contributed by atoms with van der Waals surface area (Å²) in [6.07, 6.45) is 6.67. The lowest BCUT2D eigenvalue weighted by Gasteiger charge is -2.38. The van der Waals surface area contributed by atoms with Crippen LogP contribution in [0.15, 0.2) is 237 Å². The summed E-state index contributed by atoms with van der Waals surface area (Å²) in [5.74, 6) is 0. The second-order valence-corrected chi connectivity index (χ2v) is 36.7. The monoisotopic (exact) mass is 1860 g/mol. The molecule has 15 heterocycles. The first-order valence-electron chi connectivity index (χ1n) is 48.1. The molecule has 23 rings (SSSR count). The van der Waals surface area contributed by atoms with E-state index < -0.39 is 5.60 Å². The topological polar surface area (TPSA) is 341 Å². The third-order valence-corrected chi connectivity index (χ3v) is 27.2. The van der Waals surface area contributed by atoms with Crippen LogP contribution in [0, 0.1) is 45.3 Å². The Morgan fingerprint density at radius 2 is 0.664 bits per heavy atom. The third kappa shape index (κ3) is 21.1. The van der Waals surface area contributed by atoms with Crippen molar-refractivity contribution in [3.8, 4) is 114 Å². The molecule has 28 nitrogen and oxygen atoms in total. The number of ether oxygens (including phenoxy) is 6. The third-order valence-electron chi connectivity index (χ3n) is 27.2. The Balaban J connectivity index is 0.000000115. The number of nitrogens with zero attached hydrogens (tertiary/aromatic N) is 16. The number of hydrogen-bond donors (Lipinski definition) is 6. The molecule has 7 aliphatic rings. The number of aliphatic hydroxyl groups is 2. The predicted octanol–water partition coefficient (Wildman–Crippen LogP) is 16.9. The number of hydrogen-bond acceptors (Lipinski definition) is 24. The normalized spacial score (nSPS) is 16.3. The summed E-state index contributed by atoms with van der Waals surface area (Å²) in [6, 6.07) is 81.8. The zero-order chi connectivity index (χ0) is 95.4. The number of morpholine rings is 6. The number of anilines is 4. The molecule has 0 atom stereocenters. The minimum atomic E-state index is -0.873. The van der Waals surface area contributed by atoms with Crippen molar-refractivity contribution in [2.45, 2.75) is 45.2 Å². The molecular weight excluding hydrogens is 1750 g/mol. The summed E-state index contributed by atoms with van der Waals surface area (Å²) in [4.78, 5) is 53.2. The van der Waals surface area contributed by atoms with Gasteiger partial charge in [0.25, 0.3) is 0 Å². The minimum Gasteiger partial charge on any atom is -0.389 e. The summed E-state index contributed by atoms with van der Waals surface area (Å²) in [7, 11) is 0. The molecule has 7 aliphatic heterocycles. The van der Waals surface area contributed by atoms with Crippen molar-refractivity contribution < 1.29 is 38.6 Å². The zero-order valence-electron chi connectivity index (χ0n) is 78.6. The van der Waals surface area contributed by atoms with Gasteiger partial charge < -0.3 is 78.2 Å². The molecule has 6 N–H and O–H groups in total. The highest BCUT2D eigenvalue weighted by Crippen LogP contribution is 2.41. The van der Waals surface area contributed by atoms with Gasteiger partial charge in [0.05, 0.1) is 160 Å². The average Bonchev–Trinajstić information content (AvgIpc) is 1.61. The second kappa shape index (κ2) is 42.6. The van der Waals surface area contributed by atoms with Crippen molar-refractivity contribution in [2.24, 2.45) is 0 Å². The largest absolute Gasteiger partial charge is 0.389 e. The zero-order valence-corrected chi connectivity index (χ0v) is 78.6. The lowest BCUT2D eigenvalue weighted by atomic mass is 9.96. The summed E-state index contributed by atoms with van der Waals surface area (Å²) in [5.41, 5.74) is 29.6. The smallest absolute Gasteiger partial charge is 0.141 e. The van der Waals surface area contributed by atoms with E-state index in [1.54, 1.807) is 26.4 Å². The molecule has 0 unspecified atom stereocenters. The molecule has 706 valence electrons. The fourth-order valence-corrected chi connectivity index (χ4v) is 19.4. The maximum Gasteiger partial charge on any atom is 0.141 e. The fourth-order valence-electron chi connectivity index (χ4n) is 19.4. The van der Waals surface area contributed by atoms with Gasteiger partial charge in [-0.05, 0) is 156 Å². The quantitative estimate of drug-likeness (QED) is 0.0438. The van der Waals surface area contributed by atoms with Crippen LogP contribution in [-0.4, -0.2) is 247 Å². The summed E-state index contributed by atoms with van der Waals surface area (Å²) in [6.45, 7) is 26.8. The van der Waals surface area contributed by atoms with Crippen LogP contribution in [0.4, 0.5) is 22.7 Å². The van der Waals surface area contributed by atoms with E-state index >= 15 is 0 Å². The maximum absolute atomic E-state index is 10.2. The van der Waals surface area contributed by atoms with Gasteiger partial charge in [-0.15, -0.1) is 0 Å². The molecule has 0 spiro atoms. The van der Waals surface area contributed by atoms with E-state index in [9.17, 15) is 31.3 Å². The average molecular weight is 1860 g/mol. The Kier molecular flexibility index (Phi) is 28.3. The van der Waals surface area contributed by atoms with Gasteiger partial charge in [0, 0.05) is 241 Å². The van der Waals surface area contributed by atoms with Crippen molar-refractivity contribution in [3.05, 3.63) is 282 Å². The van der Waals surface area contributed by atoms with Crippen LogP contribution in [0.25, 0.3) is 134 Å². The number of β-amino-alcohol motifs (C(OH)–C–C–N with tert-alkyl or cyclic N) is 1. The van der Waals surface area contributed by atoms with Crippen LogP contribution < -0.4 is 19.6 Å². The summed E-state index contributed by atoms with van der Waals surface area (Å²) >= 11 is 0. The Morgan fingerprint density at radius 1 is 0.329 bits per heavy atom. The van der Waals surface area contributed by atoms with Gasteiger partial charge in [0.2, 0.25) is 0 Å². The number of H-pyrrole nitrogens is 4. The molecule has 0 radical (unpaired) electrons. The molecule has 7 fully saturated rings. The highest BCUT2D eigenvalue weighted by Gasteiger charge is 2.29. The van der Waals surface area contributed by atoms with E-state index in [2.05, 4.69) is 216 Å². The van der Waals surface area contributed by atoms with Crippen LogP contribution in [0.3, 0.4) is 0 Å². The van der Waals surface area contributed by atoms with E-state index in [1.165, 1.54) is 17.1 Å². The van der Waals surface area contributed by atoms with Gasteiger partial charge >= 0.3 is 0 Å². The van der Waals surface area contributed by atoms with Crippen LogP contribution in [0.2, 0.25) is 0 Å². The number of benzene rings is 8. The van der Waals surface area contributed by atoms with Crippen molar-refractivity contribution >= 4 is 66.5 Å². The number of rotatable bonds is 19. The first-order chi connectivity index (χ1) is 68.7. The van der Waals surface area contributed by atoms with E-state index in [-0.39, 0.29) is 6.10 Å². The van der Waals surface area contributed by atoms with Crippen molar-refractivity contribution in [3.63, 3.8) is 0 Å². The Hall–Kier alpha value is -14.8. The number of nitriles is 4. The molecule has 28 heteroatoms.